The van der Waals surface area contributed by atoms with Gasteiger partial charge < -0.3 is 15.4 Å². The topological polar surface area (TPSA) is 62.3 Å². The van der Waals surface area contributed by atoms with E-state index in [2.05, 4.69) is 24.0 Å². The maximum atomic E-state index is 7.92. The summed E-state index contributed by atoms with van der Waals surface area (Å²) in [7, 11) is 1.77. The van der Waals surface area contributed by atoms with Crippen molar-refractivity contribution in [1.82, 2.24) is 0 Å². The standard InChI is InChI=1S/C15H23N3OS/c1-3-20-13-8-4-7-12(14(13)15(16)17)18-9-5-6-11(10-18)19-2/h4,7-8,11H,3,5-6,9-10H2,1-2H3,(H3,16,17). The zero-order chi connectivity index (χ0) is 14.5. The predicted octanol–water partition coefficient (Wildman–Crippen LogP) is 2.70. The van der Waals surface area contributed by atoms with Crippen LogP contribution in [-0.4, -0.2) is 37.9 Å². The SMILES string of the molecule is CCSc1cccc(N2CCCC(OC)C2)c1C(=N)N. The van der Waals surface area contributed by atoms with Crippen LogP contribution in [0.1, 0.15) is 25.3 Å². The highest BCUT2D eigenvalue weighted by Crippen LogP contribution is 2.32. The zero-order valence-electron chi connectivity index (χ0n) is 12.2. The van der Waals surface area contributed by atoms with Gasteiger partial charge in [-0.25, -0.2) is 0 Å². The van der Waals surface area contributed by atoms with Gasteiger partial charge in [-0.1, -0.05) is 13.0 Å². The number of benzene rings is 1. The van der Waals surface area contributed by atoms with Crippen LogP contribution in [0.4, 0.5) is 5.69 Å². The minimum Gasteiger partial charge on any atom is -0.384 e. The number of piperidine rings is 1. The highest BCUT2D eigenvalue weighted by atomic mass is 32.2. The number of nitrogens with zero attached hydrogens (tertiary/aromatic N) is 1. The minimum atomic E-state index is 0.149. The first-order chi connectivity index (χ1) is 9.67. The van der Waals surface area contributed by atoms with E-state index in [0.29, 0.717) is 0 Å². The number of nitrogens with one attached hydrogen (secondary N) is 1. The lowest BCUT2D eigenvalue weighted by molar-refractivity contribution is 0.0893. The number of anilines is 1. The number of thioether (sulfide) groups is 1. The molecule has 2 rings (SSSR count). The van der Waals surface area contributed by atoms with Crippen LogP contribution in [0.2, 0.25) is 0 Å². The first kappa shape index (κ1) is 15.2. The molecule has 1 atom stereocenters. The number of amidine groups is 1. The number of nitrogens with two attached hydrogens (primary N) is 1. The summed E-state index contributed by atoms with van der Waals surface area (Å²) in [6, 6.07) is 6.16. The average molecular weight is 293 g/mol. The molecule has 4 nitrogen and oxygen atoms in total. The second-order valence-electron chi connectivity index (χ2n) is 4.94. The molecule has 1 aromatic rings. The van der Waals surface area contributed by atoms with E-state index in [-0.39, 0.29) is 11.9 Å². The van der Waals surface area contributed by atoms with E-state index in [0.717, 1.165) is 47.8 Å². The molecule has 1 unspecified atom stereocenters. The Morgan fingerprint density at radius 3 is 3.00 bits per heavy atom. The Morgan fingerprint density at radius 1 is 1.55 bits per heavy atom. The number of hydrogen-bond acceptors (Lipinski definition) is 4. The van der Waals surface area contributed by atoms with Gasteiger partial charge >= 0.3 is 0 Å². The van der Waals surface area contributed by atoms with Gasteiger partial charge in [0.15, 0.2) is 0 Å². The van der Waals surface area contributed by atoms with Crippen molar-refractivity contribution in [3.63, 3.8) is 0 Å². The van der Waals surface area contributed by atoms with Gasteiger partial charge in [-0.3, -0.25) is 5.41 Å². The maximum absolute atomic E-state index is 7.92. The summed E-state index contributed by atoms with van der Waals surface area (Å²) in [6.07, 6.45) is 2.48. The molecule has 5 heteroatoms. The summed E-state index contributed by atoms with van der Waals surface area (Å²) in [4.78, 5) is 3.39. The lowest BCUT2D eigenvalue weighted by atomic mass is 10.0. The molecule has 110 valence electrons. The Hall–Kier alpha value is -1.20. The molecular weight excluding hydrogens is 270 g/mol. The first-order valence-corrected chi connectivity index (χ1v) is 8.03. The van der Waals surface area contributed by atoms with E-state index >= 15 is 0 Å². The van der Waals surface area contributed by atoms with Crippen molar-refractivity contribution < 1.29 is 4.74 Å². The Kier molecular flexibility index (Phi) is 5.31. The van der Waals surface area contributed by atoms with E-state index in [9.17, 15) is 0 Å². The molecule has 1 heterocycles. The van der Waals surface area contributed by atoms with Crippen molar-refractivity contribution in [1.29, 1.82) is 5.41 Å². The Morgan fingerprint density at radius 2 is 2.35 bits per heavy atom. The van der Waals surface area contributed by atoms with Crippen molar-refractivity contribution >= 4 is 23.3 Å². The van der Waals surface area contributed by atoms with Gasteiger partial charge in [-0.05, 0) is 30.7 Å². The van der Waals surface area contributed by atoms with Gasteiger partial charge in [0.25, 0.3) is 0 Å². The molecule has 0 bridgehead atoms. The summed E-state index contributed by atoms with van der Waals surface area (Å²) in [5.41, 5.74) is 7.77. The fraction of sp³-hybridized carbons (Fsp3) is 0.533. The van der Waals surface area contributed by atoms with Crippen LogP contribution in [0.5, 0.6) is 0 Å². The fourth-order valence-corrected chi connectivity index (χ4v) is 3.52. The number of methoxy groups -OCH3 is 1. The molecule has 1 fully saturated rings. The van der Waals surface area contributed by atoms with Crippen molar-refractivity contribution in [3.8, 4) is 0 Å². The van der Waals surface area contributed by atoms with Crippen LogP contribution in [0.3, 0.4) is 0 Å². The van der Waals surface area contributed by atoms with Crippen LogP contribution in [-0.2, 0) is 4.74 Å². The van der Waals surface area contributed by atoms with E-state index in [1.54, 1.807) is 18.9 Å². The molecule has 3 N–H and O–H groups in total. The largest absolute Gasteiger partial charge is 0.384 e. The van der Waals surface area contributed by atoms with E-state index < -0.39 is 0 Å². The smallest absolute Gasteiger partial charge is 0.126 e. The Bertz CT molecular complexity index is 478. The number of hydrogen-bond donors (Lipinski definition) is 2. The highest BCUT2D eigenvalue weighted by Gasteiger charge is 2.23. The fourth-order valence-electron chi connectivity index (χ4n) is 2.68. The summed E-state index contributed by atoms with van der Waals surface area (Å²) in [5, 5.41) is 7.92. The molecule has 0 saturated carbocycles. The summed E-state index contributed by atoms with van der Waals surface area (Å²) < 4.78 is 5.49. The van der Waals surface area contributed by atoms with Gasteiger partial charge in [-0.2, -0.15) is 0 Å². The third kappa shape index (κ3) is 3.27. The lowest BCUT2D eigenvalue weighted by Gasteiger charge is -2.35. The van der Waals surface area contributed by atoms with Crippen molar-refractivity contribution in [3.05, 3.63) is 23.8 Å². The van der Waals surface area contributed by atoms with Crippen LogP contribution >= 0.6 is 11.8 Å². The Labute approximate surface area is 125 Å². The summed E-state index contributed by atoms with van der Waals surface area (Å²) in [5.74, 6) is 1.13. The van der Waals surface area contributed by atoms with Gasteiger partial charge in [0.05, 0.1) is 11.7 Å². The quantitative estimate of drug-likeness (QED) is 0.498. The summed E-state index contributed by atoms with van der Waals surface area (Å²) in [6.45, 7) is 3.99. The van der Waals surface area contributed by atoms with Crippen LogP contribution in [0.15, 0.2) is 23.1 Å². The summed E-state index contributed by atoms with van der Waals surface area (Å²) >= 11 is 1.74. The van der Waals surface area contributed by atoms with Crippen molar-refractivity contribution in [2.24, 2.45) is 5.73 Å². The van der Waals surface area contributed by atoms with Crippen LogP contribution in [0.25, 0.3) is 0 Å². The molecule has 0 radical (unpaired) electrons. The highest BCUT2D eigenvalue weighted by molar-refractivity contribution is 7.99. The molecule has 1 aliphatic heterocycles. The number of ether oxygens (including phenoxy) is 1. The predicted molar refractivity (Wildman–Crippen MR) is 86.1 cm³/mol. The van der Waals surface area contributed by atoms with Crippen LogP contribution in [0, 0.1) is 5.41 Å². The maximum Gasteiger partial charge on any atom is 0.126 e. The minimum absolute atomic E-state index is 0.149. The van der Waals surface area contributed by atoms with Gasteiger partial charge in [0, 0.05) is 30.8 Å². The molecule has 1 aromatic carbocycles. The molecule has 0 aromatic heterocycles. The van der Waals surface area contributed by atoms with Gasteiger partial charge in [-0.15, -0.1) is 11.8 Å². The molecule has 20 heavy (non-hydrogen) atoms. The number of nitrogen functional groups attached to an aromatic ring is 1. The molecular formula is C15H23N3OS. The molecule has 0 spiro atoms. The van der Waals surface area contributed by atoms with Crippen molar-refractivity contribution in [2.75, 3.05) is 30.9 Å². The zero-order valence-corrected chi connectivity index (χ0v) is 13.0. The number of rotatable bonds is 5. The van der Waals surface area contributed by atoms with Gasteiger partial charge in [0.2, 0.25) is 0 Å². The molecule has 1 saturated heterocycles. The second-order valence-corrected chi connectivity index (χ2v) is 6.25. The van der Waals surface area contributed by atoms with E-state index in [1.165, 1.54) is 0 Å². The first-order valence-electron chi connectivity index (χ1n) is 7.05. The Balaban J connectivity index is 2.34. The molecule has 1 aliphatic rings. The normalized spacial score (nSPS) is 19.1. The van der Waals surface area contributed by atoms with Crippen molar-refractivity contribution in [2.45, 2.75) is 30.8 Å². The third-order valence-corrected chi connectivity index (χ3v) is 4.57. The van der Waals surface area contributed by atoms with E-state index in [4.69, 9.17) is 15.9 Å². The van der Waals surface area contributed by atoms with E-state index in [1.807, 2.05) is 6.07 Å². The second kappa shape index (κ2) is 6.99. The molecule has 0 amide bonds. The van der Waals surface area contributed by atoms with Gasteiger partial charge in [0.1, 0.15) is 5.84 Å². The monoisotopic (exact) mass is 293 g/mol. The molecule has 0 aliphatic carbocycles. The van der Waals surface area contributed by atoms with Crippen LogP contribution < -0.4 is 10.6 Å². The average Bonchev–Trinajstić information content (AvgIpc) is 2.47. The lowest BCUT2D eigenvalue weighted by Crippen LogP contribution is -2.40. The third-order valence-electron chi connectivity index (χ3n) is 3.63.